The second-order valence-electron chi connectivity index (χ2n) is 5.03. The van der Waals surface area contributed by atoms with E-state index in [1.54, 1.807) is 4.90 Å². The van der Waals surface area contributed by atoms with Gasteiger partial charge >= 0.3 is 0 Å². The summed E-state index contributed by atoms with van der Waals surface area (Å²) in [5.41, 5.74) is -0.689. The van der Waals surface area contributed by atoms with Crippen LogP contribution in [-0.4, -0.2) is 60.4 Å². The van der Waals surface area contributed by atoms with Gasteiger partial charge in [-0.15, -0.1) is 0 Å². The first kappa shape index (κ1) is 11.8. The first-order valence-electron chi connectivity index (χ1n) is 5.85. The van der Waals surface area contributed by atoms with Crippen LogP contribution in [0.1, 0.15) is 13.8 Å². The van der Waals surface area contributed by atoms with Crippen molar-refractivity contribution in [2.24, 2.45) is 5.92 Å². The molecule has 0 spiro atoms. The maximum absolute atomic E-state index is 12.0. The lowest BCUT2D eigenvalue weighted by molar-refractivity contribution is -0.168. The Hall–Kier alpha value is -0.650. The molecule has 5 heteroatoms. The number of likely N-dealkylation sites (tertiary alicyclic amines) is 1. The lowest BCUT2D eigenvalue weighted by atomic mass is 9.82. The predicted molar refractivity (Wildman–Crippen MR) is 59.0 cm³/mol. The van der Waals surface area contributed by atoms with Gasteiger partial charge in [0, 0.05) is 6.54 Å². The lowest BCUT2D eigenvalue weighted by Crippen LogP contribution is -2.69. The van der Waals surface area contributed by atoms with E-state index in [9.17, 15) is 9.90 Å². The van der Waals surface area contributed by atoms with E-state index >= 15 is 0 Å². The zero-order chi connectivity index (χ0) is 11.8. The quantitative estimate of drug-likeness (QED) is 0.650. The monoisotopic (exact) mass is 228 g/mol. The van der Waals surface area contributed by atoms with Gasteiger partial charge in [-0.3, -0.25) is 4.79 Å². The molecule has 16 heavy (non-hydrogen) atoms. The van der Waals surface area contributed by atoms with Crippen molar-refractivity contribution in [1.29, 1.82) is 0 Å². The van der Waals surface area contributed by atoms with Crippen molar-refractivity contribution >= 4 is 5.91 Å². The van der Waals surface area contributed by atoms with E-state index in [0.29, 0.717) is 26.3 Å². The van der Waals surface area contributed by atoms with Gasteiger partial charge in [0.05, 0.1) is 26.3 Å². The Morgan fingerprint density at radius 2 is 2.25 bits per heavy atom. The number of nitrogens with zero attached hydrogens (tertiary/aromatic N) is 1. The fraction of sp³-hybridized carbons (Fsp3) is 0.909. The molecular weight excluding hydrogens is 208 g/mol. The van der Waals surface area contributed by atoms with Crippen molar-refractivity contribution in [3.05, 3.63) is 0 Å². The van der Waals surface area contributed by atoms with Crippen LogP contribution in [0.5, 0.6) is 0 Å². The number of carbonyl (C=O) groups is 1. The van der Waals surface area contributed by atoms with Crippen molar-refractivity contribution in [1.82, 2.24) is 10.2 Å². The number of β-amino-alcohol motifs (C(OH)–C–C–N with tert-alkyl or cyclic N) is 1. The number of ether oxygens (including phenoxy) is 1. The molecule has 0 aromatic rings. The van der Waals surface area contributed by atoms with Gasteiger partial charge in [-0.25, -0.2) is 0 Å². The predicted octanol–water partition coefficient (Wildman–Crippen LogP) is -0.796. The van der Waals surface area contributed by atoms with E-state index in [2.05, 4.69) is 5.32 Å². The molecular formula is C11H20N2O3. The summed E-state index contributed by atoms with van der Waals surface area (Å²) in [6.45, 7) is 6.67. The SMILES string of the molecule is CC(C)C1(O)CN(C(=O)C2COCCN2)C1. The largest absolute Gasteiger partial charge is 0.386 e. The van der Waals surface area contributed by atoms with Gasteiger partial charge in [0.15, 0.2) is 0 Å². The number of aliphatic hydroxyl groups is 1. The molecule has 0 aromatic carbocycles. The second-order valence-corrected chi connectivity index (χ2v) is 5.03. The van der Waals surface area contributed by atoms with Crippen LogP contribution < -0.4 is 5.32 Å². The normalized spacial score (nSPS) is 29.0. The lowest BCUT2D eigenvalue weighted by Gasteiger charge is -2.50. The summed E-state index contributed by atoms with van der Waals surface area (Å²) < 4.78 is 5.25. The highest BCUT2D eigenvalue weighted by molar-refractivity contribution is 5.83. The first-order chi connectivity index (χ1) is 7.53. The first-order valence-corrected chi connectivity index (χ1v) is 5.85. The average Bonchev–Trinajstić information content (AvgIpc) is 2.25. The van der Waals surface area contributed by atoms with Gasteiger partial charge < -0.3 is 20.1 Å². The molecule has 2 fully saturated rings. The molecule has 5 nitrogen and oxygen atoms in total. The Morgan fingerprint density at radius 1 is 1.56 bits per heavy atom. The van der Waals surface area contributed by atoms with Gasteiger partial charge in [0.1, 0.15) is 11.6 Å². The molecule has 92 valence electrons. The van der Waals surface area contributed by atoms with Crippen LogP contribution in [0, 0.1) is 5.92 Å². The minimum atomic E-state index is -0.689. The summed E-state index contributed by atoms with van der Waals surface area (Å²) in [7, 11) is 0. The summed E-state index contributed by atoms with van der Waals surface area (Å²) in [5, 5.41) is 13.2. The third-order valence-corrected chi connectivity index (χ3v) is 3.54. The third-order valence-electron chi connectivity index (χ3n) is 3.54. The zero-order valence-electron chi connectivity index (χ0n) is 9.90. The number of amides is 1. The maximum Gasteiger partial charge on any atom is 0.242 e. The molecule has 1 unspecified atom stereocenters. The smallest absolute Gasteiger partial charge is 0.242 e. The van der Waals surface area contributed by atoms with E-state index in [-0.39, 0.29) is 17.9 Å². The Kier molecular flexibility index (Phi) is 3.19. The molecule has 2 rings (SSSR count). The van der Waals surface area contributed by atoms with Crippen LogP contribution in [0.15, 0.2) is 0 Å². The fourth-order valence-corrected chi connectivity index (χ4v) is 2.08. The molecule has 0 bridgehead atoms. The standard InChI is InChI=1S/C11H20N2O3/c1-8(2)11(15)6-13(7-11)10(14)9-5-16-4-3-12-9/h8-9,12,15H,3-7H2,1-2H3. The van der Waals surface area contributed by atoms with E-state index in [0.717, 1.165) is 6.54 Å². The summed E-state index contributed by atoms with van der Waals surface area (Å²) in [6.07, 6.45) is 0. The van der Waals surface area contributed by atoms with Crippen molar-refractivity contribution in [3.8, 4) is 0 Å². The van der Waals surface area contributed by atoms with Crippen LogP contribution >= 0.6 is 0 Å². The molecule has 2 saturated heterocycles. The molecule has 0 aromatic heterocycles. The molecule has 2 aliphatic heterocycles. The Labute approximate surface area is 95.8 Å². The maximum atomic E-state index is 12.0. The van der Waals surface area contributed by atoms with Crippen molar-refractivity contribution in [2.75, 3.05) is 32.8 Å². The fourth-order valence-electron chi connectivity index (χ4n) is 2.08. The summed E-state index contributed by atoms with van der Waals surface area (Å²) in [4.78, 5) is 13.7. The Morgan fingerprint density at radius 3 is 2.75 bits per heavy atom. The molecule has 2 N–H and O–H groups in total. The highest BCUT2D eigenvalue weighted by Gasteiger charge is 2.47. The summed E-state index contributed by atoms with van der Waals surface area (Å²) >= 11 is 0. The number of carbonyl (C=O) groups excluding carboxylic acids is 1. The van der Waals surface area contributed by atoms with Crippen LogP contribution in [-0.2, 0) is 9.53 Å². The highest BCUT2D eigenvalue weighted by Crippen LogP contribution is 2.28. The second kappa shape index (κ2) is 4.31. The van der Waals surface area contributed by atoms with Crippen LogP contribution in [0.3, 0.4) is 0 Å². The number of hydrogen-bond acceptors (Lipinski definition) is 4. The number of nitrogens with one attached hydrogen (secondary N) is 1. The van der Waals surface area contributed by atoms with Crippen molar-refractivity contribution in [3.63, 3.8) is 0 Å². The molecule has 0 radical (unpaired) electrons. The molecule has 0 aliphatic carbocycles. The van der Waals surface area contributed by atoms with Gasteiger partial charge in [-0.05, 0) is 5.92 Å². The minimum Gasteiger partial charge on any atom is -0.386 e. The number of morpholine rings is 1. The van der Waals surface area contributed by atoms with E-state index < -0.39 is 5.60 Å². The molecule has 1 amide bonds. The minimum absolute atomic E-state index is 0.0463. The third kappa shape index (κ3) is 2.07. The molecule has 1 atom stereocenters. The Balaban J connectivity index is 1.84. The topological polar surface area (TPSA) is 61.8 Å². The molecule has 2 aliphatic rings. The van der Waals surface area contributed by atoms with Crippen LogP contribution in [0.25, 0.3) is 0 Å². The van der Waals surface area contributed by atoms with E-state index in [1.807, 2.05) is 13.8 Å². The average molecular weight is 228 g/mol. The molecule has 2 heterocycles. The van der Waals surface area contributed by atoms with Gasteiger partial charge in [-0.1, -0.05) is 13.8 Å². The summed E-state index contributed by atoms with van der Waals surface area (Å²) in [5.74, 6) is 0.233. The zero-order valence-corrected chi connectivity index (χ0v) is 9.90. The number of rotatable bonds is 2. The van der Waals surface area contributed by atoms with Crippen molar-refractivity contribution < 1.29 is 14.6 Å². The Bertz CT molecular complexity index is 268. The van der Waals surface area contributed by atoms with Gasteiger partial charge in [0.25, 0.3) is 0 Å². The molecule has 0 saturated carbocycles. The van der Waals surface area contributed by atoms with E-state index in [1.165, 1.54) is 0 Å². The van der Waals surface area contributed by atoms with E-state index in [4.69, 9.17) is 4.74 Å². The van der Waals surface area contributed by atoms with Crippen LogP contribution in [0.2, 0.25) is 0 Å². The summed E-state index contributed by atoms with van der Waals surface area (Å²) in [6, 6.07) is -0.231. The number of hydrogen-bond donors (Lipinski definition) is 2. The van der Waals surface area contributed by atoms with Crippen LogP contribution in [0.4, 0.5) is 0 Å². The highest BCUT2D eigenvalue weighted by atomic mass is 16.5. The van der Waals surface area contributed by atoms with Crippen molar-refractivity contribution in [2.45, 2.75) is 25.5 Å². The van der Waals surface area contributed by atoms with Gasteiger partial charge in [0.2, 0.25) is 5.91 Å². The van der Waals surface area contributed by atoms with Gasteiger partial charge in [-0.2, -0.15) is 0 Å².